The van der Waals surface area contributed by atoms with E-state index in [1.807, 2.05) is 50.2 Å². The molecule has 1 aromatic heterocycles. The highest BCUT2D eigenvalue weighted by atomic mass is 35.5. The van der Waals surface area contributed by atoms with Crippen molar-refractivity contribution >= 4 is 45.8 Å². The predicted molar refractivity (Wildman–Crippen MR) is 134 cm³/mol. The van der Waals surface area contributed by atoms with Crippen LogP contribution in [0.3, 0.4) is 0 Å². The van der Waals surface area contributed by atoms with Crippen LogP contribution >= 0.6 is 23.2 Å². The molecule has 4 rings (SSSR count). The van der Waals surface area contributed by atoms with Gasteiger partial charge in [0.1, 0.15) is 5.82 Å². The van der Waals surface area contributed by atoms with Crippen molar-refractivity contribution in [3.63, 3.8) is 0 Å². The molecule has 8 heteroatoms. The quantitative estimate of drug-likeness (QED) is 0.376. The number of hydrogen-bond acceptors (Lipinski definition) is 3. The fourth-order valence-corrected chi connectivity index (χ4v) is 3.97. The van der Waals surface area contributed by atoms with Crippen LogP contribution < -0.4 is 10.9 Å². The number of hydrogen-bond donors (Lipinski definition) is 1. The van der Waals surface area contributed by atoms with Crippen molar-refractivity contribution in [1.82, 2.24) is 14.5 Å². The van der Waals surface area contributed by atoms with Gasteiger partial charge in [-0.1, -0.05) is 53.0 Å². The van der Waals surface area contributed by atoms with Crippen LogP contribution in [-0.2, 0) is 0 Å². The van der Waals surface area contributed by atoms with Crippen molar-refractivity contribution in [3.05, 3.63) is 98.5 Å². The minimum Gasteiger partial charge on any atom is -0.318 e. The first-order valence-electron chi connectivity index (χ1n) is 10.3. The van der Waals surface area contributed by atoms with Gasteiger partial charge in [-0.15, -0.1) is 0 Å². The smallest absolute Gasteiger partial charge is 0.318 e. The first-order chi connectivity index (χ1) is 15.8. The van der Waals surface area contributed by atoms with Crippen LogP contribution in [0, 0.1) is 6.92 Å². The van der Waals surface area contributed by atoms with E-state index in [2.05, 4.69) is 5.32 Å². The van der Waals surface area contributed by atoms with Gasteiger partial charge in [-0.3, -0.25) is 9.36 Å². The number of para-hydroxylation sites is 1. The summed E-state index contributed by atoms with van der Waals surface area (Å²) in [4.78, 5) is 32.7. The van der Waals surface area contributed by atoms with Crippen molar-refractivity contribution < 1.29 is 4.79 Å². The third-order valence-corrected chi connectivity index (χ3v) is 6.09. The summed E-state index contributed by atoms with van der Waals surface area (Å²) in [7, 11) is 1.64. The Labute approximate surface area is 201 Å². The van der Waals surface area contributed by atoms with Gasteiger partial charge in [0.05, 0.1) is 33.3 Å². The maximum absolute atomic E-state index is 13.5. The average Bonchev–Trinajstić information content (AvgIpc) is 2.80. The number of anilines is 1. The van der Waals surface area contributed by atoms with Gasteiger partial charge in [0.2, 0.25) is 0 Å². The molecular weight excluding hydrogens is 459 g/mol. The average molecular weight is 481 g/mol. The van der Waals surface area contributed by atoms with Crippen molar-refractivity contribution in [1.29, 1.82) is 0 Å². The van der Waals surface area contributed by atoms with E-state index in [1.165, 1.54) is 4.90 Å². The van der Waals surface area contributed by atoms with E-state index in [0.29, 0.717) is 38.1 Å². The van der Waals surface area contributed by atoms with Crippen molar-refractivity contribution in [2.45, 2.75) is 19.9 Å². The van der Waals surface area contributed by atoms with E-state index in [0.717, 1.165) is 5.56 Å². The summed E-state index contributed by atoms with van der Waals surface area (Å²) >= 11 is 12.1. The molecule has 0 bridgehead atoms. The Kier molecular flexibility index (Phi) is 6.40. The minimum atomic E-state index is -0.533. The predicted octanol–water partition coefficient (Wildman–Crippen LogP) is 6.23. The molecule has 1 N–H and O–H groups in total. The maximum Gasteiger partial charge on any atom is 0.322 e. The number of rotatable bonds is 4. The van der Waals surface area contributed by atoms with Crippen LogP contribution in [0.1, 0.15) is 24.4 Å². The number of nitrogens with one attached hydrogen (secondary N) is 1. The van der Waals surface area contributed by atoms with Gasteiger partial charge >= 0.3 is 6.03 Å². The molecule has 0 saturated carbocycles. The van der Waals surface area contributed by atoms with Gasteiger partial charge in [-0.05, 0) is 56.3 Å². The molecule has 4 aromatic rings. The topological polar surface area (TPSA) is 67.2 Å². The summed E-state index contributed by atoms with van der Waals surface area (Å²) in [6.45, 7) is 3.80. The lowest BCUT2D eigenvalue weighted by Gasteiger charge is -2.27. The van der Waals surface area contributed by atoms with E-state index < -0.39 is 12.1 Å². The first kappa shape index (κ1) is 22.8. The number of fused-ring (bicyclic) bond motifs is 1. The van der Waals surface area contributed by atoms with Gasteiger partial charge in [-0.2, -0.15) is 0 Å². The number of carbonyl (C=O) groups excluding carboxylic acids is 1. The number of aryl methyl sites for hydroxylation is 1. The molecular formula is C25H22Cl2N4O2. The Bertz CT molecular complexity index is 1400. The van der Waals surface area contributed by atoms with E-state index >= 15 is 0 Å². The Morgan fingerprint density at radius 3 is 2.45 bits per heavy atom. The second-order valence-electron chi connectivity index (χ2n) is 7.80. The second-order valence-corrected chi connectivity index (χ2v) is 8.65. The summed E-state index contributed by atoms with van der Waals surface area (Å²) < 4.78 is 1.56. The number of nitrogens with zero attached hydrogens (tertiary/aromatic N) is 3. The first-order valence-corrected chi connectivity index (χ1v) is 11.1. The largest absolute Gasteiger partial charge is 0.322 e. The number of halogens is 2. The van der Waals surface area contributed by atoms with Gasteiger partial charge < -0.3 is 10.2 Å². The molecule has 3 aromatic carbocycles. The lowest BCUT2D eigenvalue weighted by Crippen LogP contribution is -2.37. The fraction of sp³-hybridized carbons (Fsp3) is 0.160. The second kappa shape index (κ2) is 9.25. The zero-order valence-corrected chi connectivity index (χ0v) is 19.9. The van der Waals surface area contributed by atoms with Crippen molar-refractivity contribution in [2.75, 3.05) is 12.4 Å². The molecule has 1 atom stereocenters. The summed E-state index contributed by atoms with van der Waals surface area (Å²) in [5, 5.41) is 4.10. The van der Waals surface area contributed by atoms with Gasteiger partial charge in [-0.25, -0.2) is 9.78 Å². The van der Waals surface area contributed by atoms with Crippen LogP contribution in [0.5, 0.6) is 0 Å². The molecule has 0 aliphatic carbocycles. The lowest BCUT2D eigenvalue weighted by molar-refractivity contribution is 0.205. The molecule has 1 unspecified atom stereocenters. The van der Waals surface area contributed by atoms with Gasteiger partial charge in [0.25, 0.3) is 5.56 Å². The summed E-state index contributed by atoms with van der Waals surface area (Å²) in [5.41, 5.74) is 2.57. The van der Waals surface area contributed by atoms with E-state index in [1.54, 1.807) is 41.9 Å². The van der Waals surface area contributed by atoms with E-state index in [-0.39, 0.29) is 5.56 Å². The maximum atomic E-state index is 13.5. The Morgan fingerprint density at radius 2 is 1.76 bits per heavy atom. The van der Waals surface area contributed by atoms with Crippen LogP contribution in [0.25, 0.3) is 16.6 Å². The van der Waals surface area contributed by atoms with Crippen molar-refractivity contribution in [3.8, 4) is 5.69 Å². The third-order valence-electron chi connectivity index (χ3n) is 5.54. The summed E-state index contributed by atoms with van der Waals surface area (Å²) in [6, 6.07) is 18.7. The number of carbonyl (C=O) groups is 1. The number of amides is 2. The zero-order valence-electron chi connectivity index (χ0n) is 18.3. The molecule has 33 heavy (non-hydrogen) atoms. The Hall–Kier alpha value is -3.35. The summed E-state index contributed by atoms with van der Waals surface area (Å²) in [5.74, 6) is 0.447. The van der Waals surface area contributed by atoms with Crippen LogP contribution in [0.2, 0.25) is 10.0 Å². The highest BCUT2D eigenvalue weighted by Crippen LogP contribution is 2.27. The molecule has 0 spiro atoms. The van der Waals surface area contributed by atoms with E-state index in [4.69, 9.17) is 28.2 Å². The van der Waals surface area contributed by atoms with Crippen molar-refractivity contribution in [2.24, 2.45) is 0 Å². The lowest BCUT2D eigenvalue weighted by atomic mass is 10.1. The molecule has 0 aliphatic heterocycles. The summed E-state index contributed by atoms with van der Waals surface area (Å²) in [6.07, 6.45) is 0. The molecule has 0 aliphatic rings. The molecule has 6 nitrogen and oxygen atoms in total. The fourth-order valence-electron chi connectivity index (χ4n) is 3.52. The third kappa shape index (κ3) is 4.58. The molecule has 0 fully saturated rings. The van der Waals surface area contributed by atoms with Gasteiger partial charge in [0, 0.05) is 12.1 Å². The van der Waals surface area contributed by atoms with Gasteiger partial charge in [0.15, 0.2) is 0 Å². The number of benzene rings is 3. The normalized spacial score (nSPS) is 11.9. The zero-order chi connectivity index (χ0) is 23.7. The Morgan fingerprint density at radius 1 is 1.06 bits per heavy atom. The van der Waals surface area contributed by atoms with E-state index in [9.17, 15) is 9.59 Å². The molecule has 0 saturated heterocycles. The molecule has 168 valence electrons. The molecule has 2 amide bonds. The number of aromatic nitrogens is 2. The molecule has 0 radical (unpaired) electrons. The SMILES string of the molecule is Cc1ccc(-n2c(C(C)N(C)C(=O)Nc3ccc(Cl)cc3Cl)nc3ccccc3c2=O)cc1. The molecule has 1 heterocycles. The Balaban J connectivity index is 1.77. The highest BCUT2D eigenvalue weighted by Gasteiger charge is 2.24. The number of urea groups is 1. The highest BCUT2D eigenvalue weighted by molar-refractivity contribution is 6.36. The minimum absolute atomic E-state index is 0.194. The van der Waals surface area contributed by atoms with Crippen LogP contribution in [0.4, 0.5) is 10.5 Å². The standard InChI is InChI=1S/C25H22Cl2N4O2/c1-15-8-11-18(12-9-15)31-23(28-21-7-5-4-6-19(21)24(31)32)16(2)30(3)25(33)29-22-13-10-17(26)14-20(22)27/h4-14,16H,1-3H3,(H,29,33). The monoisotopic (exact) mass is 480 g/mol. The van der Waals surface area contributed by atoms with Crippen LogP contribution in [-0.4, -0.2) is 27.5 Å². The van der Waals surface area contributed by atoms with Crippen LogP contribution in [0.15, 0.2) is 71.5 Å².